The number of nitrogens with one attached hydrogen (secondary N) is 1. The molecule has 1 aromatic heterocycles. The fraction of sp³-hybridized carbons (Fsp3) is 0.0588. The van der Waals surface area contributed by atoms with E-state index in [2.05, 4.69) is 26.4 Å². The lowest BCUT2D eigenvalue weighted by atomic mass is 10.1. The van der Waals surface area contributed by atoms with Gasteiger partial charge in [0.05, 0.1) is 6.54 Å². The molecule has 0 aliphatic rings. The summed E-state index contributed by atoms with van der Waals surface area (Å²) in [6, 6.07) is 18.8. The topological polar surface area (TPSA) is 55.1 Å². The van der Waals surface area contributed by atoms with Crippen LogP contribution < -0.4 is 5.32 Å². The van der Waals surface area contributed by atoms with Crippen molar-refractivity contribution >= 4 is 21.8 Å². The number of carbonyl (C=O) groups is 1. The van der Waals surface area contributed by atoms with Crippen LogP contribution in [0.3, 0.4) is 0 Å². The second kappa shape index (κ2) is 6.58. The normalized spacial score (nSPS) is 10.4. The van der Waals surface area contributed by atoms with E-state index in [1.165, 1.54) is 0 Å². The average Bonchev–Trinajstić information content (AvgIpc) is 3.03. The fourth-order valence-electron chi connectivity index (χ4n) is 2.01. The van der Waals surface area contributed by atoms with Crippen LogP contribution in [0.4, 0.5) is 0 Å². The highest BCUT2D eigenvalue weighted by Gasteiger charge is 2.09. The Bertz CT molecular complexity index is 767. The van der Waals surface area contributed by atoms with E-state index in [9.17, 15) is 4.79 Å². The molecule has 1 N–H and O–H groups in total. The number of hydrogen-bond donors (Lipinski definition) is 1. The minimum Gasteiger partial charge on any atom is -0.359 e. The number of rotatable bonds is 4. The molecule has 0 saturated heterocycles. The number of halogens is 1. The molecule has 0 saturated carbocycles. The molecular formula is C17H13BrN2O2. The molecular weight excluding hydrogens is 344 g/mol. The maximum absolute atomic E-state index is 12.0. The van der Waals surface area contributed by atoms with Crippen LogP contribution >= 0.6 is 15.9 Å². The first-order valence-electron chi connectivity index (χ1n) is 6.77. The van der Waals surface area contributed by atoms with Crippen molar-refractivity contribution in [1.82, 2.24) is 10.5 Å². The van der Waals surface area contributed by atoms with Gasteiger partial charge in [0.2, 0.25) is 0 Å². The highest BCUT2D eigenvalue weighted by molar-refractivity contribution is 9.10. The zero-order chi connectivity index (χ0) is 15.4. The molecule has 0 bridgehead atoms. The molecule has 0 atom stereocenters. The van der Waals surface area contributed by atoms with E-state index in [0.717, 1.165) is 15.7 Å². The van der Waals surface area contributed by atoms with Crippen molar-refractivity contribution in [2.75, 3.05) is 0 Å². The maximum atomic E-state index is 12.0. The van der Waals surface area contributed by atoms with Gasteiger partial charge in [-0.3, -0.25) is 4.79 Å². The fourth-order valence-corrected chi connectivity index (χ4v) is 2.28. The Kier molecular flexibility index (Phi) is 4.34. The molecule has 0 spiro atoms. The van der Waals surface area contributed by atoms with Crippen LogP contribution in [0, 0.1) is 0 Å². The zero-order valence-electron chi connectivity index (χ0n) is 11.6. The maximum Gasteiger partial charge on any atom is 0.251 e. The Labute approximate surface area is 136 Å². The summed E-state index contributed by atoms with van der Waals surface area (Å²) in [4.78, 5) is 12.0. The number of carbonyl (C=O) groups excluding carboxylic acids is 1. The molecule has 0 unspecified atom stereocenters. The Morgan fingerprint density at radius 3 is 2.55 bits per heavy atom. The molecule has 1 amide bonds. The van der Waals surface area contributed by atoms with E-state index in [4.69, 9.17) is 4.52 Å². The minimum atomic E-state index is -0.148. The van der Waals surface area contributed by atoms with Gasteiger partial charge in [0.15, 0.2) is 5.76 Å². The van der Waals surface area contributed by atoms with Crippen molar-refractivity contribution in [3.63, 3.8) is 0 Å². The van der Waals surface area contributed by atoms with Crippen molar-refractivity contribution in [2.45, 2.75) is 6.54 Å². The van der Waals surface area contributed by atoms with Crippen LogP contribution in [-0.4, -0.2) is 11.1 Å². The van der Waals surface area contributed by atoms with Crippen molar-refractivity contribution in [3.8, 4) is 11.3 Å². The largest absolute Gasteiger partial charge is 0.359 e. The van der Waals surface area contributed by atoms with E-state index in [1.54, 1.807) is 12.1 Å². The van der Waals surface area contributed by atoms with Crippen LogP contribution in [-0.2, 0) is 6.54 Å². The number of aromatic nitrogens is 1. The first-order valence-corrected chi connectivity index (χ1v) is 7.56. The summed E-state index contributed by atoms with van der Waals surface area (Å²) in [5.41, 5.74) is 2.34. The number of hydrogen-bond acceptors (Lipinski definition) is 3. The quantitative estimate of drug-likeness (QED) is 0.767. The second-order valence-electron chi connectivity index (χ2n) is 4.73. The van der Waals surface area contributed by atoms with Crippen LogP contribution in [0.15, 0.2) is 69.7 Å². The van der Waals surface area contributed by atoms with Crippen molar-refractivity contribution in [2.24, 2.45) is 0 Å². The number of benzene rings is 2. The zero-order valence-corrected chi connectivity index (χ0v) is 13.2. The lowest BCUT2D eigenvalue weighted by Crippen LogP contribution is -2.22. The average molecular weight is 357 g/mol. The molecule has 0 fully saturated rings. The van der Waals surface area contributed by atoms with E-state index >= 15 is 0 Å². The van der Waals surface area contributed by atoms with Crippen LogP contribution in [0.1, 0.15) is 16.1 Å². The van der Waals surface area contributed by atoms with Crippen molar-refractivity contribution < 1.29 is 9.32 Å². The Balaban J connectivity index is 1.64. The molecule has 0 aliphatic heterocycles. The van der Waals surface area contributed by atoms with Crippen molar-refractivity contribution in [3.05, 3.63) is 76.5 Å². The van der Waals surface area contributed by atoms with Gasteiger partial charge in [-0.2, -0.15) is 0 Å². The van der Waals surface area contributed by atoms with Gasteiger partial charge in [-0.05, 0) is 24.3 Å². The highest BCUT2D eigenvalue weighted by Crippen LogP contribution is 2.18. The van der Waals surface area contributed by atoms with E-state index in [1.807, 2.05) is 48.5 Å². The van der Waals surface area contributed by atoms with Gasteiger partial charge in [-0.25, -0.2) is 0 Å². The lowest BCUT2D eigenvalue weighted by molar-refractivity contribution is 0.0947. The van der Waals surface area contributed by atoms with E-state index in [0.29, 0.717) is 17.9 Å². The Hall–Kier alpha value is -2.40. The summed E-state index contributed by atoms with van der Waals surface area (Å²) in [6.45, 7) is 0.300. The predicted octanol–water partition coefficient (Wildman–Crippen LogP) is 4.03. The van der Waals surface area contributed by atoms with Gasteiger partial charge in [0.25, 0.3) is 5.91 Å². The minimum absolute atomic E-state index is 0.148. The highest BCUT2D eigenvalue weighted by atomic mass is 79.9. The smallest absolute Gasteiger partial charge is 0.251 e. The van der Waals surface area contributed by atoms with Gasteiger partial charge in [-0.15, -0.1) is 0 Å². The third-order valence-electron chi connectivity index (χ3n) is 3.16. The molecule has 0 radical (unpaired) electrons. The van der Waals surface area contributed by atoms with Gasteiger partial charge >= 0.3 is 0 Å². The second-order valence-corrected chi connectivity index (χ2v) is 5.65. The van der Waals surface area contributed by atoms with E-state index < -0.39 is 0 Å². The van der Waals surface area contributed by atoms with Gasteiger partial charge in [0, 0.05) is 21.7 Å². The molecule has 5 heteroatoms. The first kappa shape index (κ1) is 14.5. The summed E-state index contributed by atoms with van der Waals surface area (Å²) in [5, 5.41) is 6.83. The van der Waals surface area contributed by atoms with Crippen LogP contribution in [0.25, 0.3) is 11.3 Å². The third-order valence-corrected chi connectivity index (χ3v) is 3.69. The Morgan fingerprint density at radius 2 is 1.82 bits per heavy atom. The molecule has 3 rings (SSSR count). The van der Waals surface area contributed by atoms with E-state index in [-0.39, 0.29) is 5.91 Å². The Morgan fingerprint density at radius 1 is 1.09 bits per heavy atom. The first-order chi connectivity index (χ1) is 10.7. The lowest BCUT2D eigenvalue weighted by Gasteiger charge is -2.02. The SMILES string of the molecule is O=C(NCc1cc(-c2ccccc2)no1)c1ccc(Br)cc1. The molecule has 3 aromatic rings. The van der Waals surface area contributed by atoms with Crippen LogP contribution in [0.5, 0.6) is 0 Å². The molecule has 4 nitrogen and oxygen atoms in total. The summed E-state index contributed by atoms with van der Waals surface area (Å²) < 4.78 is 6.19. The van der Waals surface area contributed by atoms with Crippen molar-refractivity contribution in [1.29, 1.82) is 0 Å². The standard InChI is InChI=1S/C17H13BrN2O2/c18-14-8-6-13(7-9-14)17(21)19-11-15-10-16(20-22-15)12-4-2-1-3-5-12/h1-10H,11H2,(H,19,21). The van der Waals surface area contributed by atoms with Gasteiger partial charge in [-0.1, -0.05) is 51.4 Å². The van der Waals surface area contributed by atoms with Crippen LogP contribution in [0.2, 0.25) is 0 Å². The molecule has 1 heterocycles. The predicted molar refractivity (Wildman–Crippen MR) is 87.3 cm³/mol. The summed E-state index contributed by atoms with van der Waals surface area (Å²) in [5.74, 6) is 0.467. The number of amides is 1. The number of nitrogens with zero attached hydrogens (tertiary/aromatic N) is 1. The summed E-state index contributed by atoms with van der Waals surface area (Å²) in [7, 11) is 0. The monoisotopic (exact) mass is 356 g/mol. The molecule has 0 aliphatic carbocycles. The third kappa shape index (κ3) is 3.43. The molecule has 2 aromatic carbocycles. The molecule has 110 valence electrons. The summed E-state index contributed by atoms with van der Waals surface area (Å²) in [6.07, 6.45) is 0. The molecule has 22 heavy (non-hydrogen) atoms. The summed E-state index contributed by atoms with van der Waals surface area (Å²) >= 11 is 3.34. The van der Waals surface area contributed by atoms with Gasteiger partial charge < -0.3 is 9.84 Å². The van der Waals surface area contributed by atoms with Gasteiger partial charge in [0.1, 0.15) is 5.69 Å².